The van der Waals surface area contributed by atoms with E-state index in [9.17, 15) is 0 Å². The normalized spacial score (nSPS) is 18.3. The molecule has 0 aliphatic carbocycles. The van der Waals surface area contributed by atoms with E-state index in [2.05, 4.69) is 83.5 Å². The van der Waals surface area contributed by atoms with Crippen LogP contribution in [-0.4, -0.2) is 84.4 Å². The molecule has 3 aromatic rings. The van der Waals surface area contributed by atoms with Gasteiger partial charge >= 0.3 is 0 Å². The molecule has 0 bridgehead atoms. The monoisotopic (exact) mass is 461 g/mol. The van der Waals surface area contributed by atoms with Gasteiger partial charge in [-0.3, -0.25) is 14.8 Å². The fourth-order valence-electron chi connectivity index (χ4n) is 5.39. The van der Waals surface area contributed by atoms with Gasteiger partial charge in [-0.25, -0.2) is 0 Å². The zero-order valence-electron chi connectivity index (χ0n) is 21.3. The smallest absolute Gasteiger partial charge is 0.0799 e. The van der Waals surface area contributed by atoms with Crippen LogP contribution in [0.3, 0.4) is 0 Å². The van der Waals surface area contributed by atoms with Crippen molar-refractivity contribution in [2.24, 2.45) is 7.05 Å². The number of nitrogens with zero attached hydrogens (tertiary/aromatic N) is 5. The number of aryl methyl sites for hydroxylation is 2. The molecule has 2 fully saturated rings. The number of hydrogen-bond donors (Lipinski definition) is 0. The Morgan fingerprint density at radius 1 is 0.941 bits per heavy atom. The maximum absolute atomic E-state index is 5.50. The quantitative estimate of drug-likeness (QED) is 0.556. The van der Waals surface area contributed by atoms with Crippen molar-refractivity contribution in [2.75, 3.05) is 63.9 Å². The molecule has 0 atom stereocenters. The largest absolute Gasteiger partial charge is 0.379 e. The number of benzene rings is 1. The van der Waals surface area contributed by atoms with Crippen LogP contribution in [-0.2, 0) is 18.2 Å². The lowest BCUT2D eigenvalue weighted by Crippen LogP contribution is -2.48. The summed E-state index contributed by atoms with van der Waals surface area (Å²) in [5.74, 6) is 0. The minimum absolute atomic E-state index is 0.629. The Labute approximate surface area is 204 Å². The van der Waals surface area contributed by atoms with E-state index in [1.54, 1.807) is 0 Å². The van der Waals surface area contributed by atoms with Crippen molar-refractivity contribution in [2.45, 2.75) is 33.2 Å². The fourth-order valence-corrected chi connectivity index (χ4v) is 5.39. The summed E-state index contributed by atoms with van der Waals surface area (Å²) in [5, 5.41) is 1.25. The van der Waals surface area contributed by atoms with Crippen molar-refractivity contribution in [3.63, 3.8) is 0 Å². The van der Waals surface area contributed by atoms with Crippen molar-refractivity contribution >= 4 is 16.6 Å². The second kappa shape index (κ2) is 10.1. The minimum atomic E-state index is 0.629. The average molecular weight is 462 g/mol. The summed E-state index contributed by atoms with van der Waals surface area (Å²) in [5.41, 5.74) is 7.32. The van der Waals surface area contributed by atoms with E-state index >= 15 is 0 Å². The number of aromatic nitrogens is 2. The highest BCUT2D eigenvalue weighted by Crippen LogP contribution is 2.31. The Morgan fingerprint density at radius 3 is 2.32 bits per heavy atom. The molecule has 0 unspecified atom stereocenters. The number of fused-ring (bicyclic) bond motifs is 1. The summed E-state index contributed by atoms with van der Waals surface area (Å²) >= 11 is 0. The molecule has 5 rings (SSSR count). The van der Waals surface area contributed by atoms with Gasteiger partial charge in [0.05, 0.1) is 24.4 Å². The van der Waals surface area contributed by atoms with Crippen molar-refractivity contribution in [1.82, 2.24) is 19.4 Å². The number of morpholine rings is 1. The first-order valence-corrected chi connectivity index (χ1v) is 12.8. The molecule has 2 aliphatic heterocycles. The van der Waals surface area contributed by atoms with Gasteiger partial charge in [0.2, 0.25) is 0 Å². The summed E-state index contributed by atoms with van der Waals surface area (Å²) in [4.78, 5) is 12.6. The van der Waals surface area contributed by atoms with Crippen LogP contribution in [0.1, 0.15) is 25.2 Å². The van der Waals surface area contributed by atoms with E-state index in [0.717, 1.165) is 76.8 Å². The van der Waals surface area contributed by atoms with Crippen molar-refractivity contribution < 1.29 is 4.74 Å². The lowest BCUT2D eigenvalue weighted by molar-refractivity contribution is 0.0383. The van der Waals surface area contributed by atoms with Gasteiger partial charge in [-0.1, -0.05) is 12.1 Å². The van der Waals surface area contributed by atoms with Crippen molar-refractivity contribution in [3.05, 3.63) is 47.8 Å². The third-order valence-electron chi connectivity index (χ3n) is 7.61. The maximum atomic E-state index is 5.50. The number of ether oxygens (including phenoxy) is 1. The molecule has 0 N–H and O–H groups in total. The molecule has 0 spiro atoms. The molecule has 4 heterocycles. The van der Waals surface area contributed by atoms with Crippen LogP contribution in [0.2, 0.25) is 0 Å². The van der Waals surface area contributed by atoms with Crippen molar-refractivity contribution in [1.29, 1.82) is 0 Å². The van der Waals surface area contributed by atoms with Crippen LogP contribution in [0.5, 0.6) is 0 Å². The number of pyridine rings is 1. The highest BCUT2D eigenvalue weighted by Gasteiger charge is 2.20. The molecule has 0 radical (unpaired) electrons. The third-order valence-corrected chi connectivity index (χ3v) is 7.61. The Morgan fingerprint density at radius 2 is 1.65 bits per heavy atom. The summed E-state index contributed by atoms with van der Waals surface area (Å²) in [6, 6.07) is 14.3. The molecule has 0 saturated carbocycles. The first-order chi connectivity index (χ1) is 16.5. The summed E-state index contributed by atoms with van der Waals surface area (Å²) in [6.45, 7) is 16.0. The molecule has 182 valence electrons. The van der Waals surface area contributed by atoms with E-state index in [1.807, 2.05) is 0 Å². The van der Waals surface area contributed by atoms with Gasteiger partial charge in [-0.15, -0.1) is 0 Å². The first kappa shape index (κ1) is 23.3. The lowest BCUT2D eigenvalue weighted by Gasteiger charge is -2.38. The van der Waals surface area contributed by atoms with Crippen LogP contribution >= 0.6 is 0 Å². The standard InChI is InChI=1S/C28H39N5O/c1-21(2)32-11-13-33(14-12-32)24-7-5-23(6-8-24)28-26-20-25(9-10-31-15-17-34-18-16-31)30(4)27(26)19-22(3)29-28/h5-8,19-21H,9-18H2,1-4H3. The molecule has 0 amide bonds. The van der Waals surface area contributed by atoms with Gasteiger partial charge in [-0.05, 0) is 45.0 Å². The topological polar surface area (TPSA) is 36.8 Å². The molecular weight excluding hydrogens is 422 g/mol. The predicted molar refractivity (Wildman–Crippen MR) is 141 cm³/mol. The average Bonchev–Trinajstić information content (AvgIpc) is 3.18. The molecule has 6 nitrogen and oxygen atoms in total. The number of piperazine rings is 1. The number of hydrogen-bond acceptors (Lipinski definition) is 5. The number of rotatable bonds is 6. The molecular formula is C28H39N5O. The Bertz CT molecular complexity index is 1110. The summed E-state index contributed by atoms with van der Waals surface area (Å²) < 4.78 is 7.86. The van der Waals surface area contributed by atoms with Crippen LogP contribution in [0.15, 0.2) is 36.4 Å². The van der Waals surface area contributed by atoms with Gasteiger partial charge in [-0.2, -0.15) is 0 Å². The first-order valence-electron chi connectivity index (χ1n) is 12.8. The molecule has 6 heteroatoms. The van der Waals surface area contributed by atoms with Crippen molar-refractivity contribution in [3.8, 4) is 11.3 Å². The molecule has 2 aromatic heterocycles. The van der Waals surface area contributed by atoms with E-state index in [1.165, 1.54) is 27.8 Å². The lowest BCUT2D eigenvalue weighted by atomic mass is 10.1. The van der Waals surface area contributed by atoms with Gasteiger partial charge in [0.1, 0.15) is 0 Å². The Kier molecular flexibility index (Phi) is 6.91. The SMILES string of the molecule is Cc1cc2c(cc(CCN3CCOCC3)n2C)c(-c2ccc(N3CCN(C(C)C)CC3)cc2)n1. The zero-order chi connectivity index (χ0) is 23.7. The second-order valence-corrected chi connectivity index (χ2v) is 10.1. The van der Waals surface area contributed by atoms with Crippen LogP contribution < -0.4 is 4.90 Å². The minimum Gasteiger partial charge on any atom is -0.379 e. The van der Waals surface area contributed by atoms with Gasteiger partial charge in [0, 0.05) is 93.3 Å². The van der Waals surface area contributed by atoms with E-state index < -0.39 is 0 Å². The maximum Gasteiger partial charge on any atom is 0.0799 e. The van der Waals surface area contributed by atoms with Crippen LogP contribution in [0.25, 0.3) is 22.2 Å². The highest BCUT2D eigenvalue weighted by molar-refractivity contribution is 5.94. The van der Waals surface area contributed by atoms with Crippen LogP contribution in [0.4, 0.5) is 5.69 Å². The van der Waals surface area contributed by atoms with E-state index in [-0.39, 0.29) is 0 Å². The Hall–Kier alpha value is -2.41. The van der Waals surface area contributed by atoms with E-state index in [4.69, 9.17) is 9.72 Å². The third kappa shape index (κ3) is 4.85. The van der Waals surface area contributed by atoms with Gasteiger partial charge in [0.25, 0.3) is 0 Å². The van der Waals surface area contributed by atoms with Gasteiger partial charge in [0.15, 0.2) is 0 Å². The predicted octanol–water partition coefficient (Wildman–Crippen LogP) is 3.95. The summed E-state index contributed by atoms with van der Waals surface area (Å²) in [7, 11) is 2.19. The summed E-state index contributed by atoms with van der Waals surface area (Å²) in [6.07, 6.45) is 1.05. The Balaban J connectivity index is 1.36. The molecule has 2 saturated heterocycles. The molecule has 1 aromatic carbocycles. The highest BCUT2D eigenvalue weighted by atomic mass is 16.5. The zero-order valence-corrected chi connectivity index (χ0v) is 21.3. The van der Waals surface area contributed by atoms with Crippen LogP contribution in [0, 0.1) is 6.92 Å². The van der Waals surface area contributed by atoms with E-state index in [0.29, 0.717) is 6.04 Å². The molecule has 2 aliphatic rings. The number of anilines is 1. The second-order valence-electron chi connectivity index (χ2n) is 10.1. The van der Waals surface area contributed by atoms with Gasteiger partial charge < -0.3 is 14.2 Å². The molecule has 34 heavy (non-hydrogen) atoms. The fraction of sp³-hybridized carbons (Fsp3) is 0.536.